The summed E-state index contributed by atoms with van der Waals surface area (Å²) in [5, 5.41) is 12.0. The lowest BCUT2D eigenvalue weighted by Crippen LogP contribution is -2.34. The summed E-state index contributed by atoms with van der Waals surface area (Å²) in [5.41, 5.74) is 1.42. The van der Waals surface area contributed by atoms with E-state index in [0.29, 0.717) is 36.8 Å². The molecule has 0 saturated heterocycles. The molecular weight excluding hydrogens is 358 g/mol. The van der Waals surface area contributed by atoms with Crippen LogP contribution in [0.15, 0.2) is 48.5 Å². The van der Waals surface area contributed by atoms with E-state index in [-0.39, 0.29) is 5.91 Å². The van der Waals surface area contributed by atoms with Gasteiger partial charge in [-0.25, -0.2) is 0 Å². The predicted octanol–water partition coefficient (Wildman–Crippen LogP) is 2.43. The minimum Gasteiger partial charge on any atom is -0.497 e. The molecule has 1 amide bonds. The van der Waals surface area contributed by atoms with Crippen LogP contribution in [0.3, 0.4) is 0 Å². The number of likely N-dealkylation sites (N-methyl/N-ethyl adjacent to an activating group) is 1. The van der Waals surface area contributed by atoms with Gasteiger partial charge < -0.3 is 14.4 Å². The summed E-state index contributed by atoms with van der Waals surface area (Å²) in [6, 6.07) is 14.6. The Morgan fingerprint density at radius 1 is 1.14 bits per heavy atom. The molecule has 28 heavy (non-hydrogen) atoms. The number of amides is 1. The van der Waals surface area contributed by atoms with Crippen molar-refractivity contribution in [2.75, 3.05) is 26.8 Å². The summed E-state index contributed by atoms with van der Waals surface area (Å²) in [7, 11) is 3.32. The lowest BCUT2D eigenvalue weighted by Gasteiger charge is -2.21. The topological polar surface area (TPSA) is 82.4 Å². The summed E-state index contributed by atoms with van der Waals surface area (Å²) >= 11 is 0. The molecule has 8 nitrogen and oxygen atoms in total. The van der Waals surface area contributed by atoms with Gasteiger partial charge in [-0.05, 0) is 36.4 Å². The molecule has 0 aliphatic rings. The van der Waals surface area contributed by atoms with Crippen molar-refractivity contribution in [3.8, 4) is 22.9 Å². The number of aromatic nitrogens is 4. The number of hydrogen-bond donors (Lipinski definition) is 0. The van der Waals surface area contributed by atoms with Gasteiger partial charge in [-0.1, -0.05) is 18.2 Å². The number of methoxy groups -OCH3 is 1. The average molecular weight is 381 g/mol. The van der Waals surface area contributed by atoms with Crippen molar-refractivity contribution in [2.24, 2.45) is 7.05 Å². The minimum absolute atomic E-state index is 0.0459. The second-order valence-corrected chi connectivity index (χ2v) is 6.09. The number of nitrogens with zero attached hydrogens (tertiary/aromatic N) is 5. The summed E-state index contributed by atoms with van der Waals surface area (Å²) in [6.45, 7) is 3.42. The van der Waals surface area contributed by atoms with Crippen LogP contribution in [0.2, 0.25) is 0 Å². The highest BCUT2D eigenvalue weighted by Gasteiger charge is 2.15. The van der Waals surface area contributed by atoms with Crippen LogP contribution in [0.4, 0.5) is 0 Å². The zero-order valence-corrected chi connectivity index (χ0v) is 16.2. The van der Waals surface area contributed by atoms with Crippen LogP contribution >= 0.6 is 0 Å². The molecule has 0 atom stereocenters. The Balaban J connectivity index is 1.59. The van der Waals surface area contributed by atoms with Crippen molar-refractivity contribution < 1.29 is 14.3 Å². The van der Waals surface area contributed by atoms with Crippen LogP contribution < -0.4 is 9.47 Å². The largest absolute Gasteiger partial charge is 0.497 e. The van der Waals surface area contributed by atoms with Gasteiger partial charge in [-0.15, -0.1) is 10.2 Å². The Kier molecular flexibility index (Phi) is 6.21. The molecule has 0 saturated carbocycles. The lowest BCUT2D eigenvalue weighted by atomic mass is 10.1. The van der Waals surface area contributed by atoms with Crippen LogP contribution in [-0.2, 0) is 7.05 Å². The van der Waals surface area contributed by atoms with E-state index in [0.717, 1.165) is 11.3 Å². The molecule has 0 aliphatic heterocycles. The lowest BCUT2D eigenvalue weighted by molar-refractivity contribution is 0.0739. The fourth-order valence-electron chi connectivity index (χ4n) is 2.71. The molecule has 0 unspecified atom stereocenters. The third kappa shape index (κ3) is 4.64. The first-order chi connectivity index (χ1) is 13.6. The first-order valence-electron chi connectivity index (χ1n) is 9.01. The van der Waals surface area contributed by atoms with Gasteiger partial charge in [0.1, 0.15) is 18.1 Å². The number of carbonyl (C=O) groups excluding carboxylic acids is 1. The Labute approximate surface area is 163 Å². The molecule has 3 aromatic rings. The molecule has 1 aromatic heterocycles. The number of tetrazole rings is 1. The zero-order valence-electron chi connectivity index (χ0n) is 16.2. The summed E-state index contributed by atoms with van der Waals surface area (Å²) in [6.07, 6.45) is 0. The first kappa shape index (κ1) is 19.3. The third-order valence-electron chi connectivity index (χ3n) is 4.24. The van der Waals surface area contributed by atoms with Crippen LogP contribution in [-0.4, -0.2) is 57.8 Å². The van der Waals surface area contributed by atoms with Crippen molar-refractivity contribution in [2.45, 2.75) is 6.92 Å². The fourth-order valence-corrected chi connectivity index (χ4v) is 2.71. The SMILES string of the molecule is CCN(CCOc1cccc(OC)c1)C(=O)c1ccc(-c2nnn(C)n2)cc1. The minimum atomic E-state index is -0.0459. The number of aryl methyl sites for hydroxylation is 1. The van der Waals surface area contributed by atoms with Gasteiger partial charge in [0.2, 0.25) is 5.82 Å². The van der Waals surface area contributed by atoms with Crippen LogP contribution in [0.25, 0.3) is 11.4 Å². The van der Waals surface area contributed by atoms with Gasteiger partial charge >= 0.3 is 0 Å². The smallest absolute Gasteiger partial charge is 0.253 e. The summed E-state index contributed by atoms with van der Waals surface area (Å²) < 4.78 is 10.9. The second kappa shape index (κ2) is 8.98. The fraction of sp³-hybridized carbons (Fsp3) is 0.300. The van der Waals surface area contributed by atoms with Gasteiger partial charge in [0.05, 0.1) is 20.7 Å². The van der Waals surface area contributed by atoms with E-state index in [9.17, 15) is 4.79 Å². The Bertz CT molecular complexity index is 924. The van der Waals surface area contributed by atoms with Gasteiger partial charge in [-0.2, -0.15) is 4.80 Å². The second-order valence-electron chi connectivity index (χ2n) is 6.09. The molecule has 0 aliphatic carbocycles. The van der Waals surface area contributed by atoms with E-state index in [1.165, 1.54) is 4.80 Å². The number of carbonyl (C=O) groups is 1. The van der Waals surface area contributed by atoms with Gasteiger partial charge in [0.25, 0.3) is 5.91 Å². The molecule has 0 bridgehead atoms. The Hall–Kier alpha value is -3.42. The maximum atomic E-state index is 12.8. The molecular formula is C20H23N5O3. The molecule has 2 aromatic carbocycles. The maximum absolute atomic E-state index is 12.8. The highest BCUT2D eigenvalue weighted by molar-refractivity contribution is 5.94. The zero-order chi connectivity index (χ0) is 19.9. The number of rotatable bonds is 8. The highest BCUT2D eigenvalue weighted by Crippen LogP contribution is 2.19. The average Bonchev–Trinajstić information content (AvgIpc) is 3.17. The van der Waals surface area contributed by atoms with E-state index < -0.39 is 0 Å². The molecule has 1 heterocycles. The molecule has 3 rings (SSSR count). The van der Waals surface area contributed by atoms with Gasteiger partial charge in [0, 0.05) is 23.7 Å². The molecule has 8 heteroatoms. The molecule has 0 spiro atoms. The van der Waals surface area contributed by atoms with Crippen molar-refractivity contribution in [3.05, 3.63) is 54.1 Å². The van der Waals surface area contributed by atoms with Crippen molar-refractivity contribution in [1.82, 2.24) is 25.1 Å². The Morgan fingerprint density at radius 2 is 1.89 bits per heavy atom. The molecule has 0 fully saturated rings. The predicted molar refractivity (Wildman–Crippen MR) is 104 cm³/mol. The first-order valence-corrected chi connectivity index (χ1v) is 9.01. The number of hydrogen-bond acceptors (Lipinski definition) is 6. The number of benzene rings is 2. The molecule has 0 radical (unpaired) electrons. The van der Waals surface area contributed by atoms with E-state index >= 15 is 0 Å². The van der Waals surface area contributed by atoms with Crippen LogP contribution in [0.5, 0.6) is 11.5 Å². The van der Waals surface area contributed by atoms with Gasteiger partial charge in [0.15, 0.2) is 0 Å². The van der Waals surface area contributed by atoms with Crippen LogP contribution in [0.1, 0.15) is 17.3 Å². The van der Waals surface area contributed by atoms with Crippen molar-refractivity contribution in [3.63, 3.8) is 0 Å². The Morgan fingerprint density at radius 3 is 2.54 bits per heavy atom. The normalized spacial score (nSPS) is 10.5. The van der Waals surface area contributed by atoms with Crippen LogP contribution in [0, 0.1) is 0 Å². The van der Waals surface area contributed by atoms with Gasteiger partial charge in [-0.3, -0.25) is 4.79 Å². The van der Waals surface area contributed by atoms with E-state index in [1.54, 1.807) is 31.2 Å². The number of ether oxygens (including phenoxy) is 2. The van der Waals surface area contributed by atoms with Crippen molar-refractivity contribution >= 4 is 5.91 Å². The quantitative estimate of drug-likeness (QED) is 0.596. The van der Waals surface area contributed by atoms with E-state index in [4.69, 9.17) is 9.47 Å². The standard InChI is InChI=1S/C20H23N5O3/c1-4-25(12-13-28-18-7-5-6-17(14-18)27-3)20(26)16-10-8-15(9-11-16)19-21-23-24(2)22-19/h5-11,14H,4,12-13H2,1-3H3. The highest BCUT2D eigenvalue weighted by atomic mass is 16.5. The monoisotopic (exact) mass is 381 g/mol. The molecule has 146 valence electrons. The third-order valence-corrected chi connectivity index (χ3v) is 4.24. The van der Waals surface area contributed by atoms with Crippen molar-refractivity contribution in [1.29, 1.82) is 0 Å². The van der Waals surface area contributed by atoms with E-state index in [1.807, 2.05) is 43.3 Å². The summed E-state index contributed by atoms with van der Waals surface area (Å²) in [5.74, 6) is 1.93. The maximum Gasteiger partial charge on any atom is 0.253 e. The summed E-state index contributed by atoms with van der Waals surface area (Å²) in [4.78, 5) is 15.9. The van der Waals surface area contributed by atoms with E-state index in [2.05, 4.69) is 15.4 Å². The molecule has 0 N–H and O–H groups in total.